The Bertz CT molecular complexity index is 550. The molecule has 1 atom stereocenters. The van der Waals surface area contributed by atoms with Crippen LogP contribution in [0.25, 0.3) is 0 Å². The fourth-order valence-corrected chi connectivity index (χ4v) is 3.08. The zero-order valence-corrected chi connectivity index (χ0v) is 12.0. The van der Waals surface area contributed by atoms with Crippen molar-refractivity contribution >= 4 is 23.4 Å². The van der Waals surface area contributed by atoms with Crippen LogP contribution in [0, 0.1) is 5.82 Å². The maximum atomic E-state index is 13.7. The lowest BCUT2D eigenvalue weighted by Crippen LogP contribution is -2.20. The van der Waals surface area contributed by atoms with Crippen LogP contribution in [0.5, 0.6) is 0 Å². The highest BCUT2D eigenvalue weighted by molar-refractivity contribution is 7.99. The monoisotopic (exact) mass is 296 g/mol. The highest BCUT2D eigenvalue weighted by Gasteiger charge is 2.14. The predicted molar refractivity (Wildman–Crippen MR) is 78.2 cm³/mol. The van der Waals surface area contributed by atoms with E-state index >= 15 is 0 Å². The first kappa shape index (κ1) is 14.3. The summed E-state index contributed by atoms with van der Waals surface area (Å²) >= 11 is 7.58. The number of benzene rings is 1. The van der Waals surface area contributed by atoms with Crippen molar-refractivity contribution in [1.29, 1.82) is 0 Å². The van der Waals surface area contributed by atoms with E-state index < -0.39 is 0 Å². The number of hydrogen-bond donors (Lipinski definition) is 1. The number of nitrogens with zero attached hydrogens (tertiary/aromatic N) is 1. The maximum absolute atomic E-state index is 13.7. The van der Waals surface area contributed by atoms with Gasteiger partial charge in [-0.15, -0.1) is 11.8 Å². The average molecular weight is 297 g/mol. The van der Waals surface area contributed by atoms with Gasteiger partial charge in [-0.25, -0.2) is 4.39 Å². The first-order valence-corrected chi connectivity index (χ1v) is 7.22. The molecule has 0 saturated heterocycles. The number of thioether (sulfide) groups is 1. The van der Waals surface area contributed by atoms with Gasteiger partial charge in [0.15, 0.2) is 0 Å². The fourth-order valence-electron chi connectivity index (χ4n) is 1.73. The number of rotatable bonds is 5. The lowest BCUT2D eigenvalue weighted by molar-refractivity contribution is 0.560. The Kier molecular flexibility index (Phi) is 5.19. The van der Waals surface area contributed by atoms with Gasteiger partial charge in [0.1, 0.15) is 5.82 Å². The maximum Gasteiger partial charge on any atom is 0.146 e. The molecular weight excluding hydrogens is 283 g/mol. The van der Waals surface area contributed by atoms with E-state index in [4.69, 9.17) is 11.6 Å². The van der Waals surface area contributed by atoms with Crippen molar-refractivity contribution in [2.45, 2.75) is 10.9 Å². The molecule has 19 heavy (non-hydrogen) atoms. The van der Waals surface area contributed by atoms with Crippen LogP contribution in [-0.2, 0) is 0 Å². The highest BCUT2D eigenvalue weighted by atomic mass is 35.5. The molecule has 2 rings (SSSR count). The number of aromatic nitrogens is 1. The lowest BCUT2D eigenvalue weighted by atomic mass is 10.1. The summed E-state index contributed by atoms with van der Waals surface area (Å²) in [6.45, 7) is 0. The fraction of sp³-hybridized carbons (Fsp3) is 0.214. The van der Waals surface area contributed by atoms with E-state index in [2.05, 4.69) is 10.3 Å². The third-order valence-corrected chi connectivity index (χ3v) is 4.06. The summed E-state index contributed by atoms with van der Waals surface area (Å²) in [5, 5.41) is 3.83. The van der Waals surface area contributed by atoms with Crippen LogP contribution in [0.2, 0.25) is 5.02 Å². The van der Waals surface area contributed by atoms with E-state index in [0.29, 0.717) is 10.6 Å². The minimum absolute atomic E-state index is 0.0630. The van der Waals surface area contributed by atoms with Crippen LogP contribution in [0.4, 0.5) is 4.39 Å². The smallest absolute Gasteiger partial charge is 0.146 e. The third kappa shape index (κ3) is 3.93. The van der Waals surface area contributed by atoms with Crippen molar-refractivity contribution < 1.29 is 4.39 Å². The molecule has 1 N–H and O–H groups in total. The third-order valence-electron chi connectivity index (χ3n) is 2.74. The van der Waals surface area contributed by atoms with Gasteiger partial charge < -0.3 is 5.32 Å². The molecule has 0 radical (unpaired) electrons. The number of halogens is 2. The Labute approximate surface area is 121 Å². The van der Waals surface area contributed by atoms with E-state index in [-0.39, 0.29) is 11.9 Å². The molecule has 0 aliphatic heterocycles. The zero-order chi connectivity index (χ0) is 13.7. The summed E-state index contributed by atoms with van der Waals surface area (Å²) in [5.74, 6) is 0.436. The Morgan fingerprint density at radius 3 is 2.95 bits per heavy atom. The lowest BCUT2D eigenvalue weighted by Gasteiger charge is -2.16. The topological polar surface area (TPSA) is 24.9 Å². The first-order valence-electron chi connectivity index (χ1n) is 5.85. The molecule has 1 unspecified atom stereocenters. The van der Waals surface area contributed by atoms with Gasteiger partial charge in [-0.2, -0.15) is 0 Å². The molecule has 1 aromatic carbocycles. The molecule has 0 amide bonds. The molecule has 0 aliphatic carbocycles. The van der Waals surface area contributed by atoms with Crippen molar-refractivity contribution in [3.05, 3.63) is 59.1 Å². The summed E-state index contributed by atoms with van der Waals surface area (Å²) < 4.78 is 13.7. The average Bonchev–Trinajstić information content (AvgIpc) is 2.41. The van der Waals surface area contributed by atoms with Gasteiger partial charge in [-0.05, 0) is 31.3 Å². The summed E-state index contributed by atoms with van der Waals surface area (Å²) in [6.07, 6.45) is 2.84. The molecule has 0 aliphatic rings. The summed E-state index contributed by atoms with van der Waals surface area (Å²) in [6, 6.07) is 9.28. The van der Waals surface area contributed by atoms with Crippen molar-refractivity contribution in [3.63, 3.8) is 0 Å². The van der Waals surface area contributed by atoms with Crippen LogP contribution in [0.3, 0.4) is 0 Å². The van der Waals surface area contributed by atoms with Gasteiger partial charge in [0.2, 0.25) is 0 Å². The molecule has 5 heteroatoms. The van der Waals surface area contributed by atoms with Crippen molar-refractivity contribution in [2.75, 3.05) is 12.8 Å². The van der Waals surface area contributed by atoms with Gasteiger partial charge in [-0.3, -0.25) is 4.98 Å². The van der Waals surface area contributed by atoms with Gasteiger partial charge >= 0.3 is 0 Å². The van der Waals surface area contributed by atoms with Crippen molar-refractivity contribution in [2.24, 2.45) is 0 Å². The number of pyridine rings is 1. The molecule has 0 fully saturated rings. The second-order valence-electron chi connectivity index (χ2n) is 4.01. The molecule has 0 saturated carbocycles. The molecule has 0 bridgehead atoms. The Balaban J connectivity index is 2.06. The minimum Gasteiger partial charge on any atom is -0.312 e. The second-order valence-corrected chi connectivity index (χ2v) is 5.54. The first-order chi connectivity index (χ1) is 9.20. The Hall–Kier alpha value is -1.10. The van der Waals surface area contributed by atoms with Crippen LogP contribution < -0.4 is 5.32 Å². The Morgan fingerprint density at radius 2 is 2.26 bits per heavy atom. The summed E-state index contributed by atoms with van der Waals surface area (Å²) in [4.78, 5) is 4.84. The minimum atomic E-state index is -0.284. The van der Waals surface area contributed by atoms with Gasteiger partial charge in [0.05, 0.1) is 6.20 Å². The van der Waals surface area contributed by atoms with Gasteiger partial charge in [0, 0.05) is 33.5 Å². The van der Waals surface area contributed by atoms with Crippen molar-refractivity contribution in [1.82, 2.24) is 10.3 Å². The van der Waals surface area contributed by atoms with E-state index in [1.165, 1.54) is 6.20 Å². The van der Waals surface area contributed by atoms with Crippen LogP contribution in [0.1, 0.15) is 11.6 Å². The largest absolute Gasteiger partial charge is 0.312 e. The zero-order valence-electron chi connectivity index (χ0n) is 10.4. The SMILES string of the molecule is CNC(CSc1cccc(Cl)c1)c1ccncc1F. The Morgan fingerprint density at radius 1 is 1.42 bits per heavy atom. The van der Waals surface area contributed by atoms with E-state index in [9.17, 15) is 4.39 Å². The van der Waals surface area contributed by atoms with E-state index in [1.807, 2.05) is 31.3 Å². The molecule has 2 nitrogen and oxygen atoms in total. The van der Waals surface area contributed by atoms with Crippen LogP contribution >= 0.6 is 23.4 Å². The van der Waals surface area contributed by atoms with Gasteiger partial charge in [0.25, 0.3) is 0 Å². The standard InChI is InChI=1S/C14H14ClFN2S/c1-17-14(12-5-6-18-8-13(12)16)9-19-11-4-2-3-10(15)7-11/h2-8,14,17H,9H2,1H3. The number of nitrogens with one attached hydrogen (secondary N) is 1. The van der Waals surface area contributed by atoms with Gasteiger partial charge in [-0.1, -0.05) is 17.7 Å². The normalized spacial score (nSPS) is 12.4. The molecule has 1 heterocycles. The number of hydrogen-bond acceptors (Lipinski definition) is 3. The molecule has 100 valence electrons. The molecule has 0 spiro atoms. The highest BCUT2D eigenvalue weighted by Crippen LogP contribution is 2.27. The van der Waals surface area contributed by atoms with E-state index in [1.54, 1.807) is 24.0 Å². The quantitative estimate of drug-likeness (QED) is 0.846. The van der Waals surface area contributed by atoms with E-state index in [0.717, 1.165) is 10.6 Å². The van der Waals surface area contributed by atoms with Crippen molar-refractivity contribution in [3.8, 4) is 0 Å². The summed E-state index contributed by atoms with van der Waals surface area (Å²) in [7, 11) is 1.82. The summed E-state index contributed by atoms with van der Waals surface area (Å²) in [5.41, 5.74) is 0.632. The molecular formula is C14H14ClFN2S. The second kappa shape index (κ2) is 6.89. The molecule has 2 aromatic rings. The molecule has 1 aromatic heterocycles. The predicted octanol–water partition coefficient (Wildman–Crippen LogP) is 3.93. The van der Waals surface area contributed by atoms with Crippen LogP contribution in [0.15, 0.2) is 47.6 Å². The van der Waals surface area contributed by atoms with Crippen LogP contribution in [-0.4, -0.2) is 17.8 Å².